The van der Waals surface area contributed by atoms with Gasteiger partial charge in [-0.25, -0.2) is 0 Å². The van der Waals surface area contributed by atoms with Crippen LogP contribution in [-0.4, -0.2) is 28.6 Å². The van der Waals surface area contributed by atoms with E-state index in [1.165, 1.54) is 12.1 Å². The van der Waals surface area contributed by atoms with Crippen LogP contribution in [0.1, 0.15) is 30.4 Å². The highest BCUT2D eigenvalue weighted by Gasteiger charge is 2.32. The molecule has 0 saturated heterocycles. The fraction of sp³-hybridized carbons (Fsp3) is 0.333. The Morgan fingerprint density at radius 3 is 2.87 bits per heavy atom. The van der Waals surface area contributed by atoms with Gasteiger partial charge in [0, 0.05) is 5.56 Å². The number of benzene rings is 1. The van der Waals surface area contributed by atoms with Crippen molar-refractivity contribution in [1.29, 1.82) is 0 Å². The van der Waals surface area contributed by atoms with Gasteiger partial charge in [-0.15, -0.1) is 0 Å². The van der Waals surface area contributed by atoms with Crippen molar-refractivity contribution in [2.24, 2.45) is 5.92 Å². The molecule has 0 aliphatic heterocycles. The Labute approximate surface area is 134 Å². The highest BCUT2D eigenvalue weighted by molar-refractivity contribution is 5.92. The van der Waals surface area contributed by atoms with E-state index in [0.29, 0.717) is 12.0 Å². The van der Waals surface area contributed by atoms with Crippen LogP contribution in [0.3, 0.4) is 0 Å². The number of carbonyl (C=O) groups excluding carboxylic acids is 2. The second-order valence-corrected chi connectivity index (χ2v) is 5.48. The summed E-state index contributed by atoms with van der Waals surface area (Å²) in [4.78, 5) is 22.5. The summed E-state index contributed by atoms with van der Waals surface area (Å²) in [6, 6.07) is 4.90. The van der Waals surface area contributed by atoms with E-state index >= 15 is 0 Å². The summed E-state index contributed by atoms with van der Waals surface area (Å²) in [5.74, 6) is -0.238. The molecule has 0 heterocycles. The molecule has 0 aromatic heterocycles. The van der Waals surface area contributed by atoms with Crippen LogP contribution < -0.4 is 0 Å². The van der Waals surface area contributed by atoms with Gasteiger partial charge in [-0.05, 0) is 43.0 Å². The molecule has 5 heteroatoms. The average molecular weight is 316 g/mol. The van der Waals surface area contributed by atoms with Gasteiger partial charge in [0.05, 0.1) is 12.5 Å². The normalized spacial score (nSPS) is 21.1. The van der Waals surface area contributed by atoms with Crippen LogP contribution in [-0.2, 0) is 20.9 Å². The van der Waals surface area contributed by atoms with E-state index in [1.54, 1.807) is 30.4 Å². The van der Waals surface area contributed by atoms with Crippen molar-refractivity contribution in [3.63, 3.8) is 0 Å². The van der Waals surface area contributed by atoms with Crippen molar-refractivity contribution in [3.05, 3.63) is 47.6 Å². The molecule has 0 radical (unpaired) electrons. The smallest absolute Gasteiger partial charge is 0.293 e. The number of hydrogen-bond acceptors (Lipinski definition) is 5. The van der Waals surface area contributed by atoms with Crippen LogP contribution in [0, 0.1) is 5.92 Å². The Kier molecular flexibility index (Phi) is 6.11. The summed E-state index contributed by atoms with van der Waals surface area (Å²) >= 11 is 0. The summed E-state index contributed by atoms with van der Waals surface area (Å²) in [5, 5.41) is 18.6. The molecule has 1 aliphatic rings. The molecule has 5 nitrogen and oxygen atoms in total. The van der Waals surface area contributed by atoms with Crippen molar-refractivity contribution in [2.45, 2.75) is 32.0 Å². The second kappa shape index (κ2) is 8.29. The molecule has 2 N–H and O–H groups in total. The zero-order valence-corrected chi connectivity index (χ0v) is 12.7. The number of ketones is 1. The summed E-state index contributed by atoms with van der Waals surface area (Å²) in [7, 11) is 0. The van der Waals surface area contributed by atoms with E-state index < -0.39 is 0 Å². The van der Waals surface area contributed by atoms with Gasteiger partial charge in [-0.1, -0.05) is 24.3 Å². The number of aliphatic hydroxyl groups excluding tert-OH is 1. The molecular weight excluding hydrogens is 296 g/mol. The minimum absolute atomic E-state index is 0.0410. The number of hydrogen-bond donors (Lipinski definition) is 2. The van der Waals surface area contributed by atoms with Gasteiger partial charge in [0.25, 0.3) is 6.47 Å². The lowest BCUT2D eigenvalue weighted by atomic mass is 10.00. The summed E-state index contributed by atoms with van der Waals surface area (Å²) in [6.45, 7) is 0.172. The van der Waals surface area contributed by atoms with Crippen molar-refractivity contribution in [1.82, 2.24) is 0 Å². The molecule has 122 valence electrons. The lowest BCUT2D eigenvalue weighted by molar-refractivity contribution is -0.137. The van der Waals surface area contributed by atoms with Crippen molar-refractivity contribution in [2.75, 3.05) is 0 Å². The molecule has 0 spiro atoms. The van der Waals surface area contributed by atoms with Gasteiger partial charge in [0.1, 0.15) is 11.9 Å². The zero-order valence-electron chi connectivity index (χ0n) is 12.7. The fourth-order valence-corrected chi connectivity index (χ4v) is 2.76. The molecule has 0 amide bonds. The number of ether oxygens (including phenoxy) is 1. The molecule has 1 saturated carbocycles. The topological polar surface area (TPSA) is 83.8 Å². The second-order valence-electron chi connectivity index (χ2n) is 5.48. The predicted octanol–water partition coefficient (Wildman–Crippen LogP) is 2.36. The van der Waals surface area contributed by atoms with Crippen LogP contribution >= 0.6 is 0 Å². The van der Waals surface area contributed by atoms with E-state index in [1.807, 2.05) is 0 Å². The van der Waals surface area contributed by atoms with Crippen LogP contribution in [0.2, 0.25) is 0 Å². The first-order valence-electron chi connectivity index (χ1n) is 7.56. The molecular formula is C18H20O5. The molecule has 2 unspecified atom stereocenters. The summed E-state index contributed by atoms with van der Waals surface area (Å²) < 4.78 is 4.95. The Morgan fingerprint density at radius 1 is 1.30 bits per heavy atom. The standard InChI is InChI=1S/C18H20O5/c19-11-14-10-13(8-9-16(14)21)4-1-2-6-17(22)15-5-3-7-18(15)23-12-20/h1-2,4,6,8-10,12,15,18-19,21H,3,5,7,11H2/b4-1+,6-2+. The Balaban J connectivity index is 1.95. The quantitative estimate of drug-likeness (QED) is 0.458. The van der Waals surface area contributed by atoms with Crippen LogP contribution in [0.25, 0.3) is 6.08 Å². The van der Waals surface area contributed by atoms with Gasteiger partial charge < -0.3 is 14.9 Å². The van der Waals surface area contributed by atoms with Gasteiger partial charge >= 0.3 is 0 Å². The van der Waals surface area contributed by atoms with Crippen molar-refractivity contribution >= 4 is 18.3 Å². The molecule has 1 aromatic carbocycles. The first-order valence-corrected chi connectivity index (χ1v) is 7.56. The maximum absolute atomic E-state index is 12.1. The monoisotopic (exact) mass is 316 g/mol. The van der Waals surface area contributed by atoms with Crippen LogP contribution in [0.5, 0.6) is 5.75 Å². The number of rotatable bonds is 7. The van der Waals surface area contributed by atoms with Gasteiger partial charge in [-0.3, -0.25) is 9.59 Å². The third-order valence-corrected chi connectivity index (χ3v) is 3.98. The van der Waals surface area contributed by atoms with E-state index in [2.05, 4.69) is 0 Å². The van der Waals surface area contributed by atoms with E-state index in [-0.39, 0.29) is 30.2 Å². The molecule has 1 aromatic rings. The highest BCUT2D eigenvalue weighted by atomic mass is 16.5. The van der Waals surface area contributed by atoms with Gasteiger partial charge in [-0.2, -0.15) is 0 Å². The first-order chi connectivity index (χ1) is 11.2. The molecule has 0 bridgehead atoms. The number of aliphatic hydroxyl groups is 1. The summed E-state index contributed by atoms with van der Waals surface area (Å²) in [5.41, 5.74) is 1.26. The minimum atomic E-state index is -0.308. The molecule has 23 heavy (non-hydrogen) atoms. The zero-order chi connectivity index (χ0) is 16.7. The third kappa shape index (κ3) is 4.53. The molecule has 1 aliphatic carbocycles. The van der Waals surface area contributed by atoms with Gasteiger partial charge in [0.2, 0.25) is 0 Å². The average Bonchev–Trinajstić information content (AvgIpc) is 3.01. The van der Waals surface area contributed by atoms with E-state index in [4.69, 9.17) is 9.84 Å². The maximum atomic E-state index is 12.1. The van der Waals surface area contributed by atoms with Gasteiger partial charge in [0.15, 0.2) is 5.78 Å². The Morgan fingerprint density at radius 2 is 2.13 bits per heavy atom. The number of aromatic hydroxyl groups is 1. The first kappa shape index (κ1) is 17.0. The number of allylic oxidation sites excluding steroid dienone is 3. The Bertz CT molecular complexity index is 618. The summed E-state index contributed by atoms with van der Waals surface area (Å²) in [6.07, 6.45) is 8.67. The largest absolute Gasteiger partial charge is 0.508 e. The lowest BCUT2D eigenvalue weighted by Crippen LogP contribution is -2.24. The number of carbonyl (C=O) groups is 2. The fourth-order valence-electron chi connectivity index (χ4n) is 2.76. The number of phenols is 1. The third-order valence-electron chi connectivity index (χ3n) is 3.98. The predicted molar refractivity (Wildman–Crippen MR) is 85.5 cm³/mol. The van der Waals surface area contributed by atoms with E-state index in [9.17, 15) is 14.7 Å². The molecule has 2 atom stereocenters. The molecule has 1 fully saturated rings. The highest BCUT2D eigenvalue weighted by Crippen LogP contribution is 2.29. The Hall–Kier alpha value is -2.40. The minimum Gasteiger partial charge on any atom is -0.508 e. The van der Waals surface area contributed by atoms with Crippen molar-refractivity contribution in [3.8, 4) is 5.75 Å². The van der Waals surface area contributed by atoms with Crippen LogP contribution in [0.4, 0.5) is 0 Å². The molecule has 2 rings (SSSR count). The van der Waals surface area contributed by atoms with Crippen LogP contribution in [0.15, 0.2) is 36.4 Å². The lowest BCUT2D eigenvalue weighted by Gasteiger charge is -2.14. The SMILES string of the molecule is O=COC1CCCC1C(=O)/C=C/C=C/c1ccc(O)c(CO)c1. The van der Waals surface area contributed by atoms with E-state index in [0.717, 1.165) is 24.8 Å². The van der Waals surface area contributed by atoms with Crippen molar-refractivity contribution < 1.29 is 24.5 Å². The maximum Gasteiger partial charge on any atom is 0.293 e.